The summed E-state index contributed by atoms with van der Waals surface area (Å²) in [5.74, 6) is 0.707. The summed E-state index contributed by atoms with van der Waals surface area (Å²) in [6.07, 6.45) is 0. The minimum absolute atomic E-state index is 0.0616. The lowest BCUT2D eigenvalue weighted by Gasteiger charge is -2.37. The summed E-state index contributed by atoms with van der Waals surface area (Å²) in [7, 11) is 0. The van der Waals surface area contributed by atoms with E-state index >= 15 is 0 Å². The average Bonchev–Trinajstić information content (AvgIpc) is 2.65. The predicted octanol–water partition coefficient (Wildman–Crippen LogP) is 3.93. The number of rotatable bonds is 7. The molecule has 0 spiro atoms. The summed E-state index contributed by atoms with van der Waals surface area (Å²) in [6.45, 7) is 6.83. The first kappa shape index (κ1) is 20.2. The summed E-state index contributed by atoms with van der Waals surface area (Å²) >= 11 is 5.86. The van der Waals surface area contributed by atoms with Gasteiger partial charge in [-0.05, 0) is 50.2 Å². The Bertz CT molecular complexity index is 806. The first-order chi connectivity index (χ1) is 13.4. The molecule has 2 N–H and O–H groups in total. The summed E-state index contributed by atoms with van der Waals surface area (Å²) < 4.78 is 5.65. The maximum Gasteiger partial charge on any atom is 0.292 e. The third kappa shape index (κ3) is 5.27. The van der Waals surface area contributed by atoms with E-state index in [2.05, 4.69) is 29.4 Å². The van der Waals surface area contributed by atoms with E-state index in [0.29, 0.717) is 41.7 Å². The van der Waals surface area contributed by atoms with E-state index in [1.165, 1.54) is 0 Å². The normalized spacial score (nSPS) is 19.3. The van der Waals surface area contributed by atoms with Crippen LogP contribution in [-0.2, 0) is 0 Å². The van der Waals surface area contributed by atoms with Crippen molar-refractivity contribution in [1.29, 1.82) is 0 Å². The number of halogens is 1. The molecule has 0 unspecified atom stereocenters. The van der Waals surface area contributed by atoms with E-state index in [4.69, 9.17) is 16.3 Å². The van der Waals surface area contributed by atoms with Crippen molar-refractivity contribution in [2.24, 2.45) is 0 Å². The van der Waals surface area contributed by atoms with Gasteiger partial charge in [-0.25, -0.2) is 0 Å². The molecule has 150 valence electrons. The van der Waals surface area contributed by atoms with Crippen LogP contribution in [0.4, 0.5) is 17.1 Å². The first-order valence-corrected chi connectivity index (χ1v) is 9.72. The molecule has 1 aliphatic rings. The molecule has 2 atom stereocenters. The van der Waals surface area contributed by atoms with Gasteiger partial charge in [0.25, 0.3) is 5.69 Å². The van der Waals surface area contributed by atoms with Crippen LogP contribution in [0.1, 0.15) is 13.8 Å². The first-order valence-electron chi connectivity index (χ1n) is 9.34. The monoisotopic (exact) mass is 404 g/mol. The van der Waals surface area contributed by atoms with Crippen molar-refractivity contribution < 1.29 is 9.66 Å². The topological polar surface area (TPSA) is 79.7 Å². The number of ether oxygens (including phenoxy) is 1. The quantitative estimate of drug-likeness (QED) is 0.413. The number of nitrogens with one attached hydrogen (secondary N) is 2. The predicted molar refractivity (Wildman–Crippen MR) is 113 cm³/mol. The van der Waals surface area contributed by atoms with Crippen molar-refractivity contribution in [3.05, 3.63) is 57.6 Å². The minimum atomic E-state index is -0.366. The van der Waals surface area contributed by atoms with Gasteiger partial charge in [0.15, 0.2) is 0 Å². The highest BCUT2D eigenvalue weighted by Gasteiger charge is 2.23. The highest BCUT2D eigenvalue weighted by molar-refractivity contribution is 6.30. The number of nitro groups is 1. The Kier molecular flexibility index (Phi) is 6.59. The fourth-order valence-corrected chi connectivity index (χ4v) is 3.57. The zero-order valence-electron chi connectivity index (χ0n) is 16.0. The number of benzene rings is 2. The highest BCUT2D eigenvalue weighted by atomic mass is 35.5. The van der Waals surface area contributed by atoms with Crippen molar-refractivity contribution in [1.82, 2.24) is 5.32 Å². The average molecular weight is 405 g/mol. The van der Waals surface area contributed by atoms with E-state index in [1.54, 1.807) is 30.3 Å². The molecule has 1 aliphatic heterocycles. The molecule has 0 saturated carbocycles. The maximum atomic E-state index is 11.4. The number of piperazine rings is 1. The Labute approximate surface area is 169 Å². The molecule has 0 radical (unpaired) electrons. The Morgan fingerprint density at radius 3 is 2.54 bits per heavy atom. The lowest BCUT2D eigenvalue weighted by atomic mass is 10.1. The van der Waals surface area contributed by atoms with Gasteiger partial charge in [-0.2, -0.15) is 0 Å². The molecule has 3 rings (SSSR count). The maximum absolute atomic E-state index is 11.4. The zero-order valence-corrected chi connectivity index (χ0v) is 16.8. The molecule has 2 aromatic rings. The van der Waals surface area contributed by atoms with E-state index in [-0.39, 0.29) is 10.6 Å². The fraction of sp³-hybridized carbons (Fsp3) is 0.400. The molecule has 1 heterocycles. The number of anilines is 2. The molecule has 28 heavy (non-hydrogen) atoms. The third-order valence-electron chi connectivity index (χ3n) is 4.60. The van der Waals surface area contributed by atoms with E-state index in [0.717, 1.165) is 18.8 Å². The summed E-state index contributed by atoms with van der Waals surface area (Å²) in [6, 6.07) is 13.1. The van der Waals surface area contributed by atoms with Crippen molar-refractivity contribution in [2.45, 2.75) is 25.9 Å². The van der Waals surface area contributed by atoms with Crippen LogP contribution in [-0.4, -0.2) is 43.2 Å². The van der Waals surface area contributed by atoms with Gasteiger partial charge in [0, 0.05) is 48.5 Å². The van der Waals surface area contributed by atoms with Gasteiger partial charge >= 0.3 is 0 Å². The van der Waals surface area contributed by atoms with E-state index in [9.17, 15) is 10.1 Å². The molecule has 7 nitrogen and oxygen atoms in total. The second kappa shape index (κ2) is 9.12. The van der Waals surface area contributed by atoms with Gasteiger partial charge in [-0.1, -0.05) is 11.6 Å². The van der Waals surface area contributed by atoms with Crippen molar-refractivity contribution in [3.8, 4) is 5.75 Å². The molecular formula is C20H25ClN4O3. The van der Waals surface area contributed by atoms with Crippen LogP contribution in [0.5, 0.6) is 5.75 Å². The van der Waals surface area contributed by atoms with E-state index in [1.807, 2.05) is 12.1 Å². The Balaban J connectivity index is 1.66. The van der Waals surface area contributed by atoms with Gasteiger partial charge in [-0.15, -0.1) is 0 Å². The van der Waals surface area contributed by atoms with Crippen molar-refractivity contribution >= 4 is 28.7 Å². The number of hydrogen-bond donors (Lipinski definition) is 2. The standard InChI is InChI=1S/C20H25ClN4O3/c1-14-12-24(13-15(2)23-14)17-5-8-20(25(26)27)19(11-17)22-9-10-28-18-6-3-16(21)4-7-18/h3-8,11,14-15,22-23H,9-10,12-13H2,1-2H3/t14-,15-/m0/s1. The van der Waals surface area contributed by atoms with Crippen LogP contribution in [0, 0.1) is 10.1 Å². The fourth-order valence-electron chi connectivity index (χ4n) is 3.44. The highest BCUT2D eigenvalue weighted by Crippen LogP contribution is 2.30. The molecule has 0 aliphatic carbocycles. The van der Waals surface area contributed by atoms with Crippen LogP contribution in [0.3, 0.4) is 0 Å². The smallest absolute Gasteiger partial charge is 0.292 e. The molecular weight excluding hydrogens is 380 g/mol. The molecule has 0 aromatic heterocycles. The number of nitrogens with zero attached hydrogens (tertiary/aromatic N) is 2. The van der Waals surface area contributed by atoms with Gasteiger partial charge in [0.1, 0.15) is 18.0 Å². The van der Waals surface area contributed by atoms with Crippen LogP contribution in [0.25, 0.3) is 0 Å². The zero-order chi connectivity index (χ0) is 20.1. The lowest BCUT2D eigenvalue weighted by Crippen LogP contribution is -2.54. The van der Waals surface area contributed by atoms with Crippen LogP contribution < -0.4 is 20.3 Å². The Morgan fingerprint density at radius 1 is 1.21 bits per heavy atom. The second-order valence-corrected chi connectivity index (χ2v) is 7.50. The molecule has 8 heteroatoms. The summed E-state index contributed by atoms with van der Waals surface area (Å²) in [5.41, 5.74) is 1.54. The molecule has 0 bridgehead atoms. The van der Waals surface area contributed by atoms with Gasteiger partial charge in [-0.3, -0.25) is 10.1 Å². The SMILES string of the molecule is C[C@H]1CN(c2ccc([N+](=O)[O-])c(NCCOc3ccc(Cl)cc3)c2)C[C@H](C)N1. The van der Waals surface area contributed by atoms with Crippen molar-refractivity contribution in [2.75, 3.05) is 36.5 Å². The van der Waals surface area contributed by atoms with Crippen LogP contribution in [0.15, 0.2) is 42.5 Å². The lowest BCUT2D eigenvalue weighted by molar-refractivity contribution is -0.383. The molecule has 0 amide bonds. The van der Waals surface area contributed by atoms with Crippen molar-refractivity contribution in [3.63, 3.8) is 0 Å². The van der Waals surface area contributed by atoms with E-state index < -0.39 is 0 Å². The van der Waals surface area contributed by atoms with Crippen LogP contribution >= 0.6 is 11.6 Å². The summed E-state index contributed by atoms with van der Waals surface area (Å²) in [4.78, 5) is 13.3. The Hall–Kier alpha value is -2.51. The number of nitro benzene ring substituents is 1. The third-order valence-corrected chi connectivity index (χ3v) is 4.85. The second-order valence-electron chi connectivity index (χ2n) is 7.06. The summed E-state index contributed by atoms with van der Waals surface area (Å²) in [5, 5.41) is 18.7. The molecule has 2 aromatic carbocycles. The van der Waals surface area contributed by atoms with Gasteiger partial charge in [0.2, 0.25) is 0 Å². The van der Waals surface area contributed by atoms with Gasteiger partial charge < -0.3 is 20.3 Å². The largest absolute Gasteiger partial charge is 0.492 e. The molecule has 1 saturated heterocycles. The number of hydrogen-bond acceptors (Lipinski definition) is 6. The van der Waals surface area contributed by atoms with Crippen LogP contribution in [0.2, 0.25) is 5.02 Å². The van der Waals surface area contributed by atoms with Gasteiger partial charge in [0.05, 0.1) is 4.92 Å². The Morgan fingerprint density at radius 2 is 1.89 bits per heavy atom. The minimum Gasteiger partial charge on any atom is -0.492 e. The molecule has 1 fully saturated rings.